The minimum Gasteiger partial charge on any atom is -0.388 e. The summed E-state index contributed by atoms with van der Waals surface area (Å²) in [7, 11) is 0. The van der Waals surface area contributed by atoms with Crippen molar-refractivity contribution in [3.63, 3.8) is 0 Å². The Kier molecular flexibility index (Phi) is 2.42. The third-order valence-electron chi connectivity index (χ3n) is 3.63. The molecule has 0 atom stereocenters. The average molecular weight is 236 g/mol. The van der Waals surface area contributed by atoms with Crippen LogP contribution in [0.4, 0.5) is 0 Å². The molecule has 4 nitrogen and oxygen atoms in total. The summed E-state index contributed by atoms with van der Waals surface area (Å²) in [6.07, 6.45) is 6.41. The molecule has 0 unspecified atom stereocenters. The van der Waals surface area contributed by atoms with Crippen LogP contribution in [0.25, 0.3) is 0 Å². The van der Waals surface area contributed by atoms with E-state index in [4.69, 9.17) is 18.0 Å². The lowest BCUT2D eigenvalue weighted by molar-refractivity contribution is 0.381. The molecule has 1 aromatic heterocycles. The highest BCUT2D eigenvalue weighted by Crippen LogP contribution is 2.39. The highest BCUT2D eigenvalue weighted by Gasteiger charge is 2.31. The molecule has 86 valence electrons. The maximum absolute atomic E-state index is 5.71. The van der Waals surface area contributed by atoms with Crippen LogP contribution < -0.4 is 5.73 Å². The third-order valence-corrected chi connectivity index (χ3v) is 3.82. The van der Waals surface area contributed by atoms with Gasteiger partial charge in [-0.05, 0) is 31.6 Å². The largest absolute Gasteiger partial charge is 0.388 e. The molecule has 0 saturated heterocycles. The molecule has 0 bridgehead atoms. The molecule has 0 spiro atoms. The fourth-order valence-corrected chi connectivity index (χ4v) is 2.41. The standard InChI is InChI=1S/C11H16N4S/c12-11(16)9-10(8-2-1-3-8)15(14-13-9)6-7-4-5-7/h7-8H,1-6H2,(H2,12,16). The molecule has 0 aromatic carbocycles. The maximum Gasteiger partial charge on any atom is 0.143 e. The molecule has 1 aromatic rings. The van der Waals surface area contributed by atoms with Gasteiger partial charge in [0, 0.05) is 12.5 Å². The van der Waals surface area contributed by atoms with E-state index in [1.165, 1.54) is 37.8 Å². The first kappa shape index (κ1) is 10.2. The van der Waals surface area contributed by atoms with E-state index in [0.717, 1.165) is 18.2 Å². The van der Waals surface area contributed by atoms with Gasteiger partial charge in [-0.1, -0.05) is 23.9 Å². The fourth-order valence-electron chi connectivity index (χ4n) is 2.26. The van der Waals surface area contributed by atoms with Gasteiger partial charge in [-0.3, -0.25) is 0 Å². The van der Waals surface area contributed by atoms with Crippen molar-refractivity contribution in [1.82, 2.24) is 15.0 Å². The van der Waals surface area contributed by atoms with Gasteiger partial charge in [-0.15, -0.1) is 5.10 Å². The van der Waals surface area contributed by atoms with Gasteiger partial charge in [0.25, 0.3) is 0 Å². The second kappa shape index (κ2) is 3.80. The van der Waals surface area contributed by atoms with E-state index in [-0.39, 0.29) is 0 Å². The minimum absolute atomic E-state index is 0.393. The maximum atomic E-state index is 5.71. The summed E-state index contributed by atoms with van der Waals surface area (Å²) in [5.74, 6) is 1.39. The minimum atomic E-state index is 0.393. The van der Waals surface area contributed by atoms with Crippen LogP contribution in [0, 0.1) is 5.92 Å². The number of hydrogen-bond donors (Lipinski definition) is 1. The fraction of sp³-hybridized carbons (Fsp3) is 0.727. The van der Waals surface area contributed by atoms with Gasteiger partial charge in [0.2, 0.25) is 0 Å². The lowest BCUT2D eigenvalue weighted by Gasteiger charge is -2.26. The summed E-state index contributed by atoms with van der Waals surface area (Å²) in [6.45, 7) is 1.00. The van der Waals surface area contributed by atoms with Crippen LogP contribution in [-0.4, -0.2) is 20.0 Å². The van der Waals surface area contributed by atoms with Crippen molar-refractivity contribution >= 4 is 17.2 Å². The number of nitrogens with two attached hydrogens (primary N) is 1. The second-order valence-electron chi connectivity index (χ2n) is 4.94. The van der Waals surface area contributed by atoms with Crippen molar-refractivity contribution in [2.24, 2.45) is 11.7 Å². The van der Waals surface area contributed by atoms with E-state index >= 15 is 0 Å². The summed E-state index contributed by atoms with van der Waals surface area (Å²) in [5, 5.41) is 8.37. The number of rotatable bonds is 4. The van der Waals surface area contributed by atoms with Crippen molar-refractivity contribution in [3.05, 3.63) is 11.4 Å². The number of aromatic nitrogens is 3. The first-order chi connectivity index (χ1) is 7.75. The van der Waals surface area contributed by atoms with Crippen LogP contribution >= 0.6 is 12.2 Å². The van der Waals surface area contributed by atoms with Crippen LogP contribution in [0.2, 0.25) is 0 Å². The quantitative estimate of drug-likeness (QED) is 0.807. The molecule has 0 amide bonds. The van der Waals surface area contributed by atoms with E-state index in [2.05, 4.69) is 15.0 Å². The molecular weight excluding hydrogens is 220 g/mol. The van der Waals surface area contributed by atoms with Gasteiger partial charge < -0.3 is 5.73 Å². The van der Waals surface area contributed by atoms with Crippen molar-refractivity contribution in [2.75, 3.05) is 0 Å². The average Bonchev–Trinajstić information content (AvgIpc) is 2.86. The predicted octanol–water partition coefficient (Wildman–Crippen LogP) is 1.59. The van der Waals surface area contributed by atoms with Crippen molar-refractivity contribution in [3.8, 4) is 0 Å². The SMILES string of the molecule is NC(=S)c1nnn(CC2CC2)c1C1CCC1. The first-order valence-corrected chi connectivity index (χ1v) is 6.39. The molecule has 2 saturated carbocycles. The van der Waals surface area contributed by atoms with Crippen LogP contribution in [0.15, 0.2) is 0 Å². The Bertz CT molecular complexity index is 418. The molecule has 0 aliphatic heterocycles. The van der Waals surface area contributed by atoms with E-state index in [9.17, 15) is 0 Å². The van der Waals surface area contributed by atoms with Crippen molar-refractivity contribution in [2.45, 2.75) is 44.6 Å². The van der Waals surface area contributed by atoms with E-state index < -0.39 is 0 Å². The topological polar surface area (TPSA) is 56.7 Å². The highest BCUT2D eigenvalue weighted by atomic mass is 32.1. The lowest BCUT2D eigenvalue weighted by atomic mass is 9.82. The van der Waals surface area contributed by atoms with Crippen molar-refractivity contribution < 1.29 is 0 Å². The first-order valence-electron chi connectivity index (χ1n) is 5.99. The monoisotopic (exact) mass is 236 g/mol. The van der Waals surface area contributed by atoms with E-state index in [0.29, 0.717) is 10.9 Å². The molecule has 5 heteroatoms. The Labute approximate surface area is 100 Å². The lowest BCUT2D eigenvalue weighted by Crippen LogP contribution is -2.21. The van der Waals surface area contributed by atoms with E-state index in [1.807, 2.05) is 0 Å². The molecule has 3 rings (SSSR count). The van der Waals surface area contributed by atoms with Gasteiger partial charge in [-0.2, -0.15) is 0 Å². The predicted molar refractivity (Wildman–Crippen MR) is 65.2 cm³/mol. The zero-order valence-electron chi connectivity index (χ0n) is 9.22. The Morgan fingerprint density at radius 1 is 1.38 bits per heavy atom. The number of nitrogens with zero attached hydrogens (tertiary/aromatic N) is 3. The molecular formula is C11H16N4S. The van der Waals surface area contributed by atoms with Gasteiger partial charge in [0.1, 0.15) is 10.7 Å². The van der Waals surface area contributed by atoms with Gasteiger partial charge in [0.05, 0.1) is 5.69 Å². The van der Waals surface area contributed by atoms with Crippen LogP contribution in [0.5, 0.6) is 0 Å². The molecule has 2 aliphatic carbocycles. The van der Waals surface area contributed by atoms with Gasteiger partial charge >= 0.3 is 0 Å². The Morgan fingerprint density at radius 3 is 2.62 bits per heavy atom. The van der Waals surface area contributed by atoms with Crippen LogP contribution in [0.1, 0.15) is 49.4 Å². The van der Waals surface area contributed by atoms with Gasteiger partial charge in [-0.25, -0.2) is 4.68 Å². The van der Waals surface area contributed by atoms with Crippen LogP contribution in [0.3, 0.4) is 0 Å². The zero-order valence-corrected chi connectivity index (χ0v) is 10.0. The van der Waals surface area contributed by atoms with Crippen molar-refractivity contribution in [1.29, 1.82) is 0 Å². The summed E-state index contributed by atoms with van der Waals surface area (Å²) in [6, 6.07) is 0. The van der Waals surface area contributed by atoms with Gasteiger partial charge in [0.15, 0.2) is 0 Å². The summed E-state index contributed by atoms with van der Waals surface area (Å²) in [5.41, 5.74) is 7.67. The van der Waals surface area contributed by atoms with E-state index in [1.54, 1.807) is 0 Å². The molecule has 16 heavy (non-hydrogen) atoms. The Hall–Kier alpha value is -0.970. The molecule has 2 N–H and O–H groups in total. The van der Waals surface area contributed by atoms with Crippen LogP contribution in [-0.2, 0) is 6.54 Å². The molecule has 0 radical (unpaired) electrons. The molecule has 2 fully saturated rings. The molecule has 1 heterocycles. The zero-order chi connectivity index (χ0) is 11.1. The normalized spacial score (nSPS) is 20.8. The Balaban J connectivity index is 1.92. The second-order valence-corrected chi connectivity index (χ2v) is 5.38. The number of thiocarbonyl (C=S) groups is 1. The highest BCUT2D eigenvalue weighted by molar-refractivity contribution is 7.80. The Morgan fingerprint density at radius 2 is 2.12 bits per heavy atom. The third kappa shape index (κ3) is 1.73. The summed E-state index contributed by atoms with van der Waals surface area (Å²) < 4.78 is 2.05. The number of hydrogen-bond acceptors (Lipinski definition) is 3. The molecule has 2 aliphatic rings. The summed E-state index contributed by atoms with van der Waals surface area (Å²) >= 11 is 5.05. The smallest absolute Gasteiger partial charge is 0.143 e. The summed E-state index contributed by atoms with van der Waals surface area (Å²) in [4.78, 5) is 0.393.